The lowest BCUT2D eigenvalue weighted by Crippen LogP contribution is -2.07. The van der Waals surface area contributed by atoms with Crippen molar-refractivity contribution in [2.75, 3.05) is 12.9 Å². The normalized spacial score (nSPS) is 15.0. The molecule has 0 aromatic heterocycles. The molecule has 0 radical (unpaired) electrons. The van der Waals surface area contributed by atoms with Gasteiger partial charge in [-0.15, -0.1) is 0 Å². The maximum Gasteiger partial charge on any atom is 0.306 e. The van der Waals surface area contributed by atoms with Crippen molar-refractivity contribution >= 4 is 22.0 Å². The molecule has 2 aromatic rings. The number of Topliss-reactive ketones (excluding diaryl/α,β-unsaturated/α-hetero) is 1. The zero-order chi connectivity index (χ0) is 18.0. The highest BCUT2D eigenvalue weighted by molar-refractivity contribution is 7.86. The molecule has 0 fully saturated rings. The lowest BCUT2D eigenvalue weighted by atomic mass is 10.1. The van der Waals surface area contributed by atoms with Gasteiger partial charge in [0.05, 0.1) is 18.4 Å². The van der Waals surface area contributed by atoms with Crippen LogP contribution < -0.4 is 13.7 Å². The summed E-state index contributed by atoms with van der Waals surface area (Å²) in [5, 5.41) is 0. The number of rotatable bonds is 5. The van der Waals surface area contributed by atoms with E-state index in [4.69, 9.17) is 13.7 Å². The molecule has 0 spiro atoms. The Bertz CT molecular complexity index is 959. The van der Waals surface area contributed by atoms with Gasteiger partial charge < -0.3 is 13.7 Å². The molecule has 0 saturated heterocycles. The van der Waals surface area contributed by atoms with Crippen molar-refractivity contribution in [3.05, 3.63) is 59.4 Å². The Morgan fingerprint density at radius 3 is 2.64 bits per heavy atom. The maximum absolute atomic E-state index is 12.5. The monoisotopic (exact) mass is 360 g/mol. The highest BCUT2D eigenvalue weighted by Crippen LogP contribution is 2.35. The first-order valence-electron chi connectivity index (χ1n) is 7.57. The number of ketones is 1. The summed E-state index contributed by atoms with van der Waals surface area (Å²) in [5.74, 6) is 0.945. The van der Waals surface area contributed by atoms with E-state index < -0.39 is 10.1 Å². The molecule has 2 aromatic carbocycles. The molecule has 1 aliphatic heterocycles. The van der Waals surface area contributed by atoms with Gasteiger partial charge in [-0.2, -0.15) is 8.42 Å². The van der Waals surface area contributed by atoms with E-state index in [9.17, 15) is 13.2 Å². The molecule has 7 heteroatoms. The molecule has 0 atom stereocenters. The molecular formula is C18H16O6S. The van der Waals surface area contributed by atoms with Crippen LogP contribution in [0.5, 0.6) is 17.2 Å². The highest BCUT2D eigenvalue weighted by atomic mass is 32.2. The minimum Gasteiger partial charge on any atom is -0.494 e. The number of ether oxygens (including phenoxy) is 2. The average Bonchev–Trinajstić information content (AvgIpc) is 2.84. The van der Waals surface area contributed by atoms with E-state index in [0.717, 1.165) is 6.26 Å². The van der Waals surface area contributed by atoms with Crippen molar-refractivity contribution < 1.29 is 26.9 Å². The summed E-state index contributed by atoms with van der Waals surface area (Å²) in [7, 11) is -3.68. The second-order valence-electron chi connectivity index (χ2n) is 5.36. The third-order valence-corrected chi connectivity index (χ3v) is 3.88. The Hall–Kier alpha value is -2.80. The minimum atomic E-state index is -3.68. The van der Waals surface area contributed by atoms with Gasteiger partial charge in [0, 0.05) is 11.6 Å². The average molecular weight is 360 g/mol. The fraction of sp³-hybridized carbons (Fsp3) is 0.167. The number of allylic oxidation sites excluding steroid dienone is 1. The SMILES string of the molecule is CCOc1ccc2c(c1)O/C(=C\c1ccccc1OS(C)(=O)=O)C2=O. The molecule has 130 valence electrons. The van der Waals surface area contributed by atoms with Crippen molar-refractivity contribution in [1.29, 1.82) is 0 Å². The van der Waals surface area contributed by atoms with Gasteiger partial charge in [0.2, 0.25) is 5.78 Å². The standard InChI is InChI=1S/C18H16O6S/c1-3-22-13-8-9-14-16(11-13)23-17(18(14)19)10-12-6-4-5-7-15(12)24-25(2,20)21/h4-11H,3H2,1-2H3/b17-10-. The van der Waals surface area contributed by atoms with Gasteiger partial charge in [-0.3, -0.25) is 4.79 Å². The quantitative estimate of drug-likeness (QED) is 0.602. The van der Waals surface area contributed by atoms with E-state index in [1.54, 1.807) is 36.4 Å². The molecule has 1 heterocycles. The Kier molecular flexibility index (Phi) is 4.50. The summed E-state index contributed by atoms with van der Waals surface area (Å²) in [6, 6.07) is 11.5. The number of fused-ring (bicyclic) bond motifs is 1. The molecule has 25 heavy (non-hydrogen) atoms. The molecule has 6 nitrogen and oxygen atoms in total. The second-order valence-corrected chi connectivity index (χ2v) is 6.93. The third-order valence-electron chi connectivity index (χ3n) is 3.40. The van der Waals surface area contributed by atoms with E-state index in [1.165, 1.54) is 12.1 Å². The van der Waals surface area contributed by atoms with Gasteiger partial charge in [0.1, 0.15) is 17.2 Å². The number of carbonyl (C=O) groups is 1. The van der Waals surface area contributed by atoms with Crippen LogP contribution in [-0.4, -0.2) is 27.1 Å². The van der Waals surface area contributed by atoms with E-state index >= 15 is 0 Å². The van der Waals surface area contributed by atoms with Crippen LogP contribution in [-0.2, 0) is 10.1 Å². The van der Waals surface area contributed by atoms with Gasteiger partial charge in [-0.1, -0.05) is 18.2 Å². The second kappa shape index (κ2) is 6.60. The van der Waals surface area contributed by atoms with Crippen LogP contribution in [0.15, 0.2) is 48.2 Å². The number of hydrogen-bond donors (Lipinski definition) is 0. The first-order chi connectivity index (χ1) is 11.9. The summed E-state index contributed by atoms with van der Waals surface area (Å²) >= 11 is 0. The van der Waals surface area contributed by atoms with Crippen molar-refractivity contribution in [2.45, 2.75) is 6.92 Å². The van der Waals surface area contributed by atoms with Crippen LogP contribution in [0.1, 0.15) is 22.8 Å². The fourth-order valence-corrected chi connectivity index (χ4v) is 2.88. The number of hydrogen-bond acceptors (Lipinski definition) is 6. The molecule has 0 N–H and O–H groups in total. The van der Waals surface area contributed by atoms with Crippen LogP contribution >= 0.6 is 0 Å². The first-order valence-corrected chi connectivity index (χ1v) is 9.38. The number of carbonyl (C=O) groups excluding carboxylic acids is 1. The van der Waals surface area contributed by atoms with E-state index in [-0.39, 0.29) is 17.3 Å². The topological polar surface area (TPSA) is 78.9 Å². The Morgan fingerprint density at radius 1 is 1.16 bits per heavy atom. The zero-order valence-corrected chi connectivity index (χ0v) is 14.5. The first kappa shape index (κ1) is 17.0. The minimum absolute atomic E-state index is 0.0909. The summed E-state index contributed by atoms with van der Waals surface area (Å²) in [6.45, 7) is 2.37. The van der Waals surface area contributed by atoms with E-state index in [0.29, 0.717) is 29.2 Å². The van der Waals surface area contributed by atoms with Gasteiger partial charge in [-0.25, -0.2) is 0 Å². The largest absolute Gasteiger partial charge is 0.494 e. The molecule has 0 amide bonds. The molecule has 0 unspecified atom stereocenters. The zero-order valence-electron chi connectivity index (χ0n) is 13.7. The van der Waals surface area contributed by atoms with Gasteiger partial charge in [-0.05, 0) is 31.2 Å². The van der Waals surface area contributed by atoms with Crippen LogP contribution in [0.3, 0.4) is 0 Å². The molecule has 0 aliphatic carbocycles. The van der Waals surface area contributed by atoms with Gasteiger partial charge in [0.15, 0.2) is 5.76 Å². The summed E-state index contributed by atoms with van der Waals surface area (Å²) < 4.78 is 38.7. The smallest absolute Gasteiger partial charge is 0.306 e. The Labute approximate surface area is 145 Å². The predicted octanol–water partition coefficient (Wildman–Crippen LogP) is 3.04. The highest BCUT2D eigenvalue weighted by Gasteiger charge is 2.28. The lowest BCUT2D eigenvalue weighted by molar-refractivity contribution is 0.101. The molecule has 0 saturated carbocycles. The van der Waals surface area contributed by atoms with Crippen LogP contribution in [0.4, 0.5) is 0 Å². The van der Waals surface area contributed by atoms with Gasteiger partial charge >= 0.3 is 10.1 Å². The fourth-order valence-electron chi connectivity index (χ4n) is 2.40. The predicted molar refractivity (Wildman–Crippen MR) is 92.5 cm³/mol. The van der Waals surface area contributed by atoms with E-state index in [2.05, 4.69) is 0 Å². The van der Waals surface area contributed by atoms with Crippen molar-refractivity contribution in [1.82, 2.24) is 0 Å². The van der Waals surface area contributed by atoms with Gasteiger partial charge in [0.25, 0.3) is 0 Å². The van der Waals surface area contributed by atoms with Crippen molar-refractivity contribution in [3.8, 4) is 17.2 Å². The van der Waals surface area contributed by atoms with Crippen LogP contribution in [0.25, 0.3) is 6.08 Å². The summed E-state index contributed by atoms with van der Waals surface area (Å²) in [5.41, 5.74) is 0.852. The molecule has 1 aliphatic rings. The Morgan fingerprint density at radius 2 is 1.92 bits per heavy atom. The number of para-hydroxylation sites is 1. The van der Waals surface area contributed by atoms with Crippen molar-refractivity contribution in [2.24, 2.45) is 0 Å². The van der Waals surface area contributed by atoms with Crippen LogP contribution in [0, 0.1) is 0 Å². The summed E-state index contributed by atoms with van der Waals surface area (Å²) in [4.78, 5) is 12.5. The maximum atomic E-state index is 12.5. The number of benzene rings is 2. The molecular weight excluding hydrogens is 344 g/mol. The third kappa shape index (κ3) is 3.83. The Balaban J connectivity index is 1.95. The summed E-state index contributed by atoms with van der Waals surface area (Å²) in [6.07, 6.45) is 2.42. The lowest BCUT2D eigenvalue weighted by Gasteiger charge is -2.07. The van der Waals surface area contributed by atoms with Crippen LogP contribution in [0.2, 0.25) is 0 Å². The molecule has 3 rings (SSSR count). The molecule has 0 bridgehead atoms. The van der Waals surface area contributed by atoms with Crippen molar-refractivity contribution in [3.63, 3.8) is 0 Å². The van der Waals surface area contributed by atoms with E-state index in [1.807, 2.05) is 6.92 Å².